The molecule has 0 aliphatic rings. The normalized spacial score (nSPS) is 10.8. The smallest absolute Gasteiger partial charge is 0.182 e. The molecule has 5 heteroatoms. The number of halogens is 1. The highest BCUT2D eigenvalue weighted by Crippen LogP contribution is 2.19. The number of Topliss-reactive ketones (excluding diaryl/α,β-unsaturated/α-hetero) is 1. The molecule has 0 saturated heterocycles. The van der Waals surface area contributed by atoms with E-state index in [4.69, 9.17) is 4.42 Å². The first kappa shape index (κ1) is 13.1. The van der Waals surface area contributed by atoms with E-state index in [0.29, 0.717) is 18.5 Å². The molecule has 0 spiro atoms. The third-order valence-corrected chi connectivity index (χ3v) is 3.25. The fourth-order valence-electron chi connectivity index (χ4n) is 1.83. The van der Waals surface area contributed by atoms with Gasteiger partial charge in [-0.25, -0.2) is 0 Å². The number of ketones is 1. The van der Waals surface area contributed by atoms with Crippen LogP contribution in [0.3, 0.4) is 0 Å². The first-order chi connectivity index (χ1) is 8.72. The molecule has 0 N–H and O–H groups in total. The molecule has 0 unspecified atom stereocenters. The summed E-state index contributed by atoms with van der Waals surface area (Å²) >= 11 is 3.38. The van der Waals surface area contributed by atoms with Gasteiger partial charge >= 0.3 is 0 Å². The van der Waals surface area contributed by atoms with Crippen molar-refractivity contribution in [2.45, 2.75) is 32.7 Å². The molecule has 0 fully saturated rings. The summed E-state index contributed by atoms with van der Waals surface area (Å²) in [5, 5.41) is 4.20. The van der Waals surface area contributed by atoms with Gasteiger partial charge in [-0.1, -0.05) is 6.92 Å². The van der Waals surface area contributed by atoms with E-state index in [0.717, 1.165) is 23.2 Å². The van der Waals surface area contributed by atoms with Gasteiger partial charge < -0.3 is 4.42 Å². The highest BCUT2D eigenvalue weighted by Gasteiger charge is 2.16. The van der Waals surface area contributed by atoms with Crippen molar-refractivity contribution in [1.82, 2.24) is 9.78 Å². The molecule has 4 nitrogen and oxygen atoms in total. The maximum absolute atomic E-state index is 12.2. The van der Waals surface area contributed by atoms with E-state index in [9.17, 15) is 4.79 Å². The summed E-state index contributed by atoms with van der Waals surface area (Å²) in [5.74, 6) is 0.922. The zero-order valence-corrected chi connectivity index (χ0v) is 11.8. The van der Waals surface area contributed by atoms with Crippen LogP contribution in [0.4, 0.5) is 0 Å². The number of carbonyl (C=O) groups is 1. The molecule has 2 aromatic rings. The van der Waals surface area contributed by atoms with Crippen LogP contribution in [0, 0.1) is 0 Å². The van der Waals surface area contributed by atoms with Crippen molar-refractivity contribution in [2.75, 3.05) is 0 Å². The summed E-state index contributed by atoms with van der Waals surface area (Å²) in [6.45, 7) is 2.82. The molecule has 0 amide bonds. The van der Waals surface area contributed by atoms with Crippen molar-refractivity contribution in [3.63, 3.8) is 0 Å². The Hall–Kier alpha value is -1.36. The van der Waals surface area contributed by atoms with Crippen LogP contribution in [0.5, 0.6) is 0 Å². The van der Waals surface area contributed by atoms with E-state index in [1.807, 2.05) is 12.1 Å². The number of aryl methyl sites for hydroxylation is 2. The molecule has 2 rings (SSSR count). The zero-order chi connectivity index (χ0) is 13.0. The lowest BCUT2D eigenvalue weighted by Gasteiger charge is -2.05. The summed E-state index contributed by atoms with van der Waals surface area (Å²) in [5.41, 5.74) is 0.656. The van der Waals surface area contributed by atoms with Crippen molar-refractivity contribution in [3.05, 3.63) is 40.5 Å². The Morgan fingerprint density at radius 1 is 1.56 bits per heavy atom. The van der Waals surface area contributed by atoms with Crippen LogP contribution >= 0.6 is 15.9 Å². The molecule has 0 aliphatic carbocycles. The van der Waals surface area contributed by atoms with E-state index in [1.54, 1.807) is 17.1 Å². The number of carbonyl (C=O) groups excluding carboxylic acids is 1. The summed E-state index contributed by atoms with van der Waals surface area (Å²) in [6, 6.07) is 3.71. The van der Waals surface area contributed by atoms with Gasteiger partial charge in [0, 0.05) is 19.4 Å². The fraction of sp³-hybridized carbons (Fsp3) is 0.385. The van der Waals surface area contributed by atoms with Gasteiger partial charge in [-0.05, 0) is 34.5 Å². The molecule has 0 atom stereocenters. The largest absolute Gasteiger partial charge is 0.469 e. The van der Waals surface area contributed by atoms with Crippen LogP contribution in [-0.2, 0) is 13.0 Å². The predicted octanol–water partition coefficient (Wildman–Crippen LogP) is 3.46. The number of hydrogen-bond donors (Lipinski definition) is 0. The number of rotatable bonds is 6. The van der Waals surface area contributed by atoms with Crippen LogP contribution in [-0.4, -0.2) is 15.6 Å². The van der Waals surface area contributed by atoms with Gasteiger partial charge in [-0.2, -0.15) is 5.10 Å². The Bertz CT molecular complexity index is 517. The Kier molecular flexibility index (Phi) is 4.36. The van der Waals surface area contributed by atoms with Gasteiger partial charge in [-0.3, -0.25) is 9.48 Å². The van der Waals surface area contributed by atoms with Gasteiger partial charge in [0.2, 0.25) is 0 Å². The van der Waals surface area contributed by atoms with E-state index in [-0.39, 0.29) is 5.78 Å². The molecule has 0 radical (unpaired) electrons. The SMILES string of the molecule is CCCn1ncc(Br)c1C(=O)CCc1ccco1. The average molecular weight is 311 g/mol. The van der Waals surface area contributed by atoms with Gasteiger partial charge in [0.25, 0.3) is 0 Å². The minimum Gasteiger partial charge on any atom is -0.469 e. The number of aromatic nitrogens is 2. The van der Waals surface area contributed by atoms with Gasteiger partial charge in [0.05, 0.1) is 16.9 Å². The highest BCUT2D eigenvalue weighted by atomic mass is 79.9. The summed E-state index contributed by atoms with van der Waals surface area (Å²) < 4.78 is 7.75. The minimum absolute atomic E-state index is 0.0872. The second kappa shape index (κ2) is 6.00. The number of nitrogens with zero attached hydrogens (tertiary/aromatic N) is 2. The lowest BCUT2D eigenvalue weighted by Crippen LogP contribution is -2.11. The Labute approximate surface area is 114 Å². The third kappa shape index (κ3) is 2.90. The second-order valence-corrected chi connectivity index (χ2v) is 4.92. The van der Waals surface area contributed by atoms with Crippen molar-refractivity contribution < 1.29 is 9.21 Å². The Morgan fingerprint density at radius 3 is 3.06 bits per heavy atom. The third-order valence-electron chi connectivity index (χ3n) is 2.67. The van der Waals surface area contributed by atoms with E-state index in [1.165, 1.54) is 0 Å². The van der Waals surface area contributed by atoms with Gasteiger partial charge in [0.1, 0.15) is 11.5 Å². The molecule has 18 heavy (non-hydrogen) atoms. The zero-order valence-electron chi connectivity index (χ0n) is 10.2. The Morgan fingerprint density at radius 2 is 2.39 bits per heavy atom. The van der Waals surface area contributed by atoms with Crippen molar-refractivity contribution >= 4 is 21.7 Å². The second-order valence-electron chi connectivity index (χ2n) is 4.07. The van der Waals surface area contributed by atoms with Gasteiger partial charge in [-0.15, -0.1) is 0 Å². The van der Waals surface area contributed by atoms with Crippen LogP contribution < -0.4 is 0 Å². The number of furan rings is 1. The molecular weight excluding hydrogens is 296 g/mol. The topological polar surface area (TPSA) is 48.0 Å². The van der Waals surface area contributed by atoms with Crippen LogP contribution in [0.1, 0.15) is 36.0 Å². The number of hydrogen-bond acceptors (Lipinski definition) is 3. The molecule has 96 valence electrons. The van der Waals surface area contributed by atoms with E-state index >= 15 is 0 Å². The first-order valence-corrected chi connectivity index (χ1v) is 6.78. The van der Waals surface area contributed by atoms with Crippen LogP contribution in [0.25, 0.3) is 0 Å². The van der Waals surface area contributed by atoms with Crippen molar-refractivity contribution in [1.29, 1.82) is 0 Å². The average Bonchev–Trinajstić information content (AvgIpc) is 2.97. The van der Waals surface area contributed by atoms with Crippen LogP contribution in [0.2, 0.25) is 0 Å². The molecule has 0 saturated carbocycles. The predicted molar refractivity (Wildman–Crippen MR) is 71.6 cm³/mol. The summed E-state index contributed by atoms with van der Waals surface area (Å²) in [6.07, 6.45) is 5.30. The van der Waals surface area contributed by atoms with E-state index < -0.39 is 0 Å². The quantitative estimate of drug-likeness (QED) is 0.768. The van der Waals surface area contributed by atoms with Crippen molar-refractivity contribution in [3.8, 4) is 0 Å². The molecule has 0 bridgehead atoms. The monoisotopic (exact) mass is 310 g/mol. The molecule has 0 aromatic carbocycles. The summed E-state index contributed by atoms with van der Waals surface area (Å²) in [7, 11) is 0. The molecule has 2 aromatic heterocycles. The Balaban J connectivity index is 2.06. The first-order valence-electron chi connectivity index (χ1n) is 5.99. The lowest BCUT2D eigenvalue weighted by molar-refractivity contribution is 0.0969. The molecule has 2 heterocycles. The minimum atomic E-state index is 0.0872. The highest BCUT2D eigenvalue weighted by molar-refractivity contribution is 9.10. The van der Waals surface area contributed by atoms with Crippen LogP contribution in [0.15, 0.2) is 33.5 Å². The molecular formula is C13H15BrN2O2. The van der Waals surface area contributed by atoms with E-state index in [2.05, 4.69) is 28.0 Å². The van der Waals surface area contributed by atoms with Gasteiger partial charge in [0.15, 0.2) is 5.78 Å². The summed E-state index contributed by atoms with van der Waals surface area (Å²) in [4.78, 5) is 12.2. The van der Waals surface area contributed by atoms with Crippen molar-refractivity contribution in [2.24, 2.45) is 0 Å². The lowest BCUT2D eigenvalue weighted by atomic mass is 10.1. The fourth-order valence-corrected chi connectivity index (χ4v) is 2.35. The molecule has 0 aliphatic heterocycles. The maximum atomic E-state index is 12.2. The maximum Gasteiger partial charge on any atom is 0.182 e. The standard InChI is InChI=1S/C13H15BrN2O2/c1-2-7-16-13(11(14)9-15-16)12(17)6-5-10-4-3-8-18-10/h3-4,8-9H,2,5-7H2,1H3.